The highest BCUT2D eigenvalue weighted by atomic mass is 35.5. The van der Waals surface area contributed by atoms with Crippen LogP contribution in [0.3, 0.4) is 0 Å². The van der Waals surface area contributed by atoms with Gasteiger partial charge in [-0.25, -0.2) is 0 Å². The van der Waals surface area contributed by atoms with Crippen LogP contribution in [0.5, 0.6) is 0 Å². The van der Waals surface area contributed by atoms with Gasteiger partial charge in [0.05, 0.1) is 22.3 Å². The van der Waals surface area contributed by atoms with E-state index in [4.69, 9.17) is 23.2 Å². The third-order valence-corrected chi connectivity index (χ3v) is 7.58. The maximum atomic E-state index is 12.9. The Morgan fingerprint density at radius 2 is 1.90 bits per heavy atom. The number of β-amino-alcohol motifs (C(OH)–C–C–N with tert-alkyl or cyclic N) is 2. The quantitative estimate of drug-likeness (QED) is 0.733. The smallest absolute Gasteiger partial charge is 0.245 e. The molecule has 6 nitrogen and oxygen atoms in total. The monoisotopic (exact) mass is 441 g/mol. The van der Waals surface area contributed by atoms with E-state index in [1.54, 1.807) is 17.0 Å². The van der Waals surface area contributed by atoms with Gasteiger partial charge in [0.2, 0.25) is 5.91 Å². The van der Waals surface area contributed by atoms with Crippen LogP contribution in [0.2, 0.25) is 10.0 Å². The summed E-state index contributed by atoms with van der Waals surface area (Å²) < 4.78 is 0. The molecule has 3 fully saturated rings. The van der Waals surface area contributed by atoms with Crippen LogP contribution in [0.4, 0.5) is 5.69 Å². The average Bonchev–Trinajstić information content (AvgIpc) is 3.46. The summed E-state index contributed by atoms with van der Waals surface area (Å²) in [5.41, 5.74) is 1.03. The summed E-state index contributed by atoms with van der Waals surface area (Å²) in [4.78, 5) is 18.8. The summed E-state index contributed by atoms with van der Waals surface area (Å²) in [7, 11) is 0. The molecule has 2 saturated heterocycles. The van der Waals surface area contributed by atoms with Crippen LogP contribution in [0, 0.1) is 5.41 Å². The molecule has 2 N–H and O–H groups in total. The Bertz CT molecular complexity index is 774. The Morgan fingerprint density at radius 3 is 2.55 bits per heavy atom. The van der Waals surface area contributed by atoms with Gasteiger partial charge >= 0.3 is 0 Å². The molecule has 1 saturated carbocycles. The number of benzene rings is 1. The summed E-state index contributed by atoms with van der Waals surface area (Å²) in [6.45, 7) is 5.42. The molecule has 160 valence electrons. The number of aliphatic hydroxyl groups is 2. The average molecular weight is 442 g/mol. The first-order valence-corrected chi connectivity index (χ1v) is 11.1. The van der Waals surface area contributed by atoms with Gasteiger partial charge < -0.3 is 20.0 Å². The summed E-state index contributed by atoms with van der Waals surface area (Å²) in [6.07, 6.45) is 2.34. The van der Waals surface area contributed by atoms with E-state index in [1.807, 2.05) is 17.9 Å². The van der Waals surface area contributed by atoms with Crippen molar-refractivity contribution < 1.29 is 15.0 Å². The molecule has 0 bridgehead atoms. The van der Waals surface area contributed by atoms with Gasteiger partial charge in [-0.1, -0.05) is 23.2 Å². The summed E-state index contributed by atoms with van der Waals surface area (Å²) >= 11 is 12.1. The predicted octanol–water partition coefficient (Wildman–Crippen LogP) is 2.24. The second-order valence-corrected chi connectivity index (χ2v) is 9.61. The Labute approximate surface area is 182 Å². The van der Waals surface area contributed by atoms with Gasteiger partial charge in [0, 0.05) is 38.4 Å². The van der Waals surface area contributed by atoms with Crippen molar-refractivity contribution in [1.82, 2.24) is 9.80 Å². The fraction of sp³-hybridized carbons (Fsp3) is 0.667. The number of likely N-dealkylation sites (tertiary alicyclic amines) is 1. The number of carbonyl (C=O) groups excluding carboxylic acids is 1. The molecule has 0 unspecified atom stereocenters. The Hall–Kier alpha value is -1.05. The van der Waals surface area contributed by atoms with Crippen molar-refractivity contribution >= 4 is 34.8 Å². The molecular formula is C21H29Cl2N3O3. The molecule has 1 amide bonds. The zero-order chi connectivity index (χ0) is 20.8. The van der Waals surface area contributed by atoms with Crippen LogP contribution in [-0.2, 0) is 4.79 Å². The highest BCUT2D eigenvalue weighted by Gasteiger charge is 2.51. The topological polar surface area (TPSA) is 67.2 Å². The van der Waals surface area contributed by atoms with Crippen molar-refractivity contribution in [2.24, 2.45) is 5.41 Å². The minimum Gasteiger partial charge on any atom is -0.391 e. The zero-order valence-electron chi connectivity index (χ0n) is 16.7. The van der Waals surface area contributed by atoms with E-state index in [2.05, 4.69) is 4.90 Å². The lowest BCUT2D eigenvalue weighted by Gasteiger charge is -2.42. The Morgan fingerprint density at radius 1 is 1.14 bits per heavy atom. The van der Waals surface area contributed by atoms with E-state index >= 15 is 0 Å². The molecule has 8 heteroatoms. The first-order chi connectivity index (χ1) is 13.8. The third kappa shape index (κ3) is 4.37. The van der Waals surface area contributed by atoms with Crippen LogP contribution >= 0.6 is 23.2 Å². The minimum absolute atomic E-state index is 0.00279. The second-order valence-electron chi connectivity index (χ2n) is 8.79. The number of carbonyl (C=O) groups is 1. The van der Waals surface area contributed by atoms with E-state index in [-0.39, 0.29) is 23.5 Å². The summed E-state index contributed by atoms with van der Waals surface area (Å²) in [6, 6.07) is 5.06. The number of aliphatic hydroxyl groups excluding tert-OH is 2. The number of rotatable bonds is 5. The largest absolute Gasteiger partial charge is 0.391 e. The van der Waals surface area contributed by atoms with Crippen LogP contribution in [-0.4, -0.2) is 83.4 Å². The maximum Gasteiger partial charge on any atom is 0.245 e. The van der Waals surface area contributed by atoms with E-state index in [0.717, 1.165) is 31.5 Å². The molecule has 1 spiro atoms. The van der Waals surface area contributed by atoms with Gasteiger partial charge in [-0.2, -0.15) is 0 Å². The molecule has 4 rings (SSSR count). The minimum atomic E-state index is -0.622. The van der Waals surface area contributed by atoms with Gasteiger partial charge in [0.25, 0.3) is 0 Å². The second kappa shape index (κ2) is 8.23. The molecule has 2 heterocycles. The number of amides is 1. The number of hydrogen-bond donors (Lipinski definition) is 2. The van der Waals surface area contributed by atoms with Gasteiger partial charge in [-0.15, -0.1) is 0 Å². The molecule has 3 atom stereocenters. The predicted molar refractivity (Wildman–Crippen MR) is 115 cm³/mol. The highest BCUT2D eigenvalue weighted by Crippen LogP contribution is 2.53. The maximum absolute atomic E-state index is 12.9. The van der Waals surface area contributed by atoms with Gasteiger partial charge in [-0.05, 0) is 56.3 Å². The van der Waals surface area contributed by atoms with Crippen molar-refractivity contribution in [3.63, 3.8) is 0 Å². The lowest BCUT2D eigenvalue weighted by molar-refractivity contribution is -0.135. The van der Waals surface area contributed by atoms with E-state index in [0.29, 0.717) is 42.8 Å². The van der Waals surface area contributed by atoms with E-state index in [1.165, 1.54) is 0 Å². The van der Waals surface area contributed by atoms with Crippen LogP contribution in [0.25, 0.3) is 0 Å². The van der Waals surface area contributed by atoms with Crippen LogP contribution < -0.4 is 4.90 Å². The zero-order valence-corrected chi connectivity index (χ0v) is 18.2. The van der Waals surface area contributed by atoms with Crippen LogP contribution in [0.1, 0.15) is 26.2 Å². The summed E-state index contributed by atoms with van der Waals surface area (Å²) in [5, 5.41) is 21.9. The lowest BCUT2D eigenvalue weighted by Crippen LogP contribution is -2.58. The number of piperidine rings is 1. The number of halogens is 2. The van der Waals surface area contributed by atoms with E-state index in [9.17, 15) is 15.0 Å². The Kier molecular flexibility index (Phi) is 6.02. The van der Waals surface area contributed by atoms with Gasteiger partial charge in [-0.3, -0.25) is 9.69 Å². The number of nitrogens with zero attached hydrogens (tertiary/aromatic N) is 3. The van der Waals surface area contributed by atoms with Gasteiger partial charge in [0.15, 0.2) is 0 Å². The molecule has 1 aromatic rings. The fourth-order valence-electron chi connectivity index (χ4n) is 4.72. The van der Waals surface area contributed by atoms with Crippen LogP contribution in [0.15, 0.2) is 18.2 Å². The molecular weight excluding hydrogens is 413 g/mol. The first-order valence-electron chi connectivity index (χ1n) is 10.4. The van der Waals surface area contributed by atoms with E-state index < -0.39 is 6.10 Å². The van der Waals surface area contributed by atoms with Crippen molar-refractivity contribution in [2.75, 3.05) is 44.2 Å². The van der Waals surface area contributed by atoms with Crippen molar-refractivity contribution in [3.05, 3.63) is 28.2 Å². The normalized spacial score (nSPS) is 28.1. The highest BCUT2D eigenvalue weighted by molar-refractivity contribution is 6.42. The molecule has 1 aliphatic carbocycles. The third-order valence-electron chi connectivity index (χ3n) is 6.84. The van der Waals surface area contributed by atoms with Gasteiger partial charge in [0.1, 0.15) is 6.04 Å². The lowest BCUT2D eigenvalue weighted by atomic mass is 9.90. The SMILES string of the molecule is C[C@H]1C(=O)N(C[C@H](O)CN2CCC3(CC3)[C@H](O)C2)CCN1c1ccc(Cl)c(Cl)c1. The molecule has 3 aliphatic rings. The molecule has 1 aromatic carbocycles. The number of hydrogen-bond acceptors (Lipinski definition) is 5. The Balaban J connectivity index is 1.31. The standard InChI is InChI=1S/C21H29Cl2N3O3/c1-14-20(29)25(8-9-26(14)15-2-3-17(22)18(23)10-15)12-16(27)11-24-7-6-21(4-5-21)19(28)13-24/h2-3,10,14,16,19,27-28H,4-9,11-13H2,1H3/t14-,16+,19+/m0/s1. The van der Waals surface area contributed by atoms with Crippen molar-refractivity contribution in [3.8, 4) is 0 Å². The molecule has 0 aromatic heterocycles. The fourth-order valence-corrected chi connectivity index (χ4v) is 5.02. The summed E-state index contributed by atoms with van der Waals surface area (Å²) in [5.74, 6) is -0.00279. The number of anilines is 1. The van der Waals surface area contributed by atoms with Crippen molar-refractivity contribution in [2.45, 2.75) is 44.4 Å². The first kappa shape index (κ1) is 21.2. The molecule has 2 aliphatic heterocycles. The molecule has 29 heavy (non-hydrogen) atoms. The van der Waals surface area contributed by atoms with Crippen molar-refractivity contribution in [1.29, 1.82) is 0 Å². The number of piperazine rings is 1. The molecule has 0 radical (unpaired) electrons.